The van der Waals surface area contributed by atoms with Gasteiger partial charge >= 0.3 is 0 Å². The molecule has 3 heteroatoms. The number of rotatable bonds is 2. The molecule has 0 aromatic carbocycles. The number of hydrogen-bond donors (Lipinski definition) is 0. The average Bonchev–Trinajstić information content (AvgIpc) is 2.74. The maximum absolute atomic E-state index is 4.73. The molecular weight excluding hydrogens is 210 g/mol. The Morgan fingerprint density at radius 3 is 2.82 bits per heavy atom. The lowest BCUT2D eigenvalue weighted by molar-refractivity contribution is 0.219. The SMILES string of the molecule is Cc1cccn2cc(CN3CCCCC3)nc12. The van der Waals surface area contributed by atoms with Crippen LogP contribution in [0.15, 0.2) is 24.5 Å². The number of fused-ring (bicyclic) bond motifs is 1. The molecule has 17 heavy (non-hydrogen) atoms. The number of imidazole rings is 1. The van der Waals surface area contributed by atoms with Crippen molar-refractivity contribution < 1.29 is 0 Å². The summed E-state index contributed by atoms with van der Waals surface area (Å²) >= 11 is 0. The van der Waals surface area contributed by atoms with E-state index in [4.69, 9.17) is 4.98 Å². The molecule has 90 valence electrons. The fourth-order valence-electron chi connectivity index (χ4n) is 2.63. The first-order valence-electron chi connectivity index (χ1n) is 6.48. The third kappa shape index (κ3) is 2.20. The van der Waals surface area contributed by atoms with Gasteiger partial charge in [-0.3, -0.25) is 4.90 Å². The minimum atomic E-state index is 1.00. The zero-order valence-corrected chi connectivity index (χ0v) is 10.4. The van der Waals surface area contributed by atoms with Gasteiger partial charge in [0.15, 0.2) is 0 Å². The number of aromatic nitrogens is 2. The molecule has 0 saturated carbocycles. The van der Waals surface area contributed by atoms with E-state index in [1.165, 1.54) is 43.6 Å². The van der Waals surface area contributed by atoms with Gasteiger partial charge in [-0.2, -0.15) is 0 Å². The fraction of sp³-hybridized carbons (Fsp3) is 0.500. The summed E-state index contributed by atoms with van der Waals surface area (Å²) in [5, 5.41) is 0. The first-order valence-corrected chi connectivity index (χ1v) is 6.48. The van der Waals surface area contributed by atoms with E-state index in [9.17, 15) is 0 Å². The van der Waals surface area contributed by atoms with Crippen LogP contribution in [-0.2, 0) is 6.54 Å². The Kier molecular flexibility index (Phi) is 2.85. The Balaban J connectivity index is 1.83. The molecule has 2 aromatic heterocycles. The monoisotopic (exact) mass is 229 g/mol. The summed E-state index contributed by atoms with van der Waals surface area (Å²) in [6, 6.07) is 4.20. The van der Waals surface area contributed by atoms with Gasteiger partial charge in [-0.1, -0.05) is 12.5 Å². The summed E-state index contributed by atoms with van der Waals surface area (Å²) in [4.78, 5) is 7.24. The third-order valence-corrected chi connectivity index (χ3v) is 3.56. The van der Waals surface area contributed by atoms with Crippen molar-refractivity contribution in [2.75, 3.05) is 13.1 Å². The summed E-state index contributed by atoms with van der Waals surface area (Å²) < 4.78 is 2.13. The van der Waals surface area contributed by atoms with Crippen molar-refractivity contribution in [1.29, 1.82) is 0 Å². The molecule has 0 spiro atoms. The highest BCUT2D eigenvalue weighted by Gasteiger charge is 2.12. The van der Waals surface area contributed by atoms with Crippen LogP contribution in [0.2, 0.25) is 0 Å². The van der Waals surface area contributed by atoms with Crippen molar-refractivity contribution in [3.8, 4) is 0 Å². The van der Waals surface area contributed by atoms with Crippen molar-refractivity contribution in [2.24, 2.45) is 0 Å². The van der Waals surface area contributed by atoms with Gasteiger partial charge in [-0.15, -0.1) is 0 Å². The number of nitrogens with zero attached hydrogens (tertiary/aromatic N) is 3. The van der Waals surface area contributed by atoms with Crippen molar-refractivity contribution in [3.05, 3.63) is 35.8 Å². The Labute approximate surface area is 102 Å². The zero-order chi connectivity index (χ0) is 11.7. The first-order chi connectivity index (χ1) is 8.33. The molecule has 0 amide bonds. The predicted octanol–water partition coefficient (Wildman–Crippen LogP) is 2.63. The van der Waals surface area contributed by atoms with Crippen molar-refractivity contribution >= 4 is 5.65 Å². The Hall–Kier alpha value is -1.35. The standard InChI is InChI=1S/C14H19N3/c1-12-6-5-9-17-11-13(15-14(12)17)10-16-7-3-2-4-8-16/h5-6,9,11H,2-4,7-8,10H2,1H3. The van der Waals surface area contributed by atoms with E-state index in [1.807, 2.05) is 0 Å². The van der Waals surface area contributed by atoms with E-state index < -0.39 is 0 Å². The molecule has 3 rings (SSSR count). The van der Waals surface area contributed by atoms with E-state index in [1.54, 1.807) is 0 Å². The van der Waals surface area contributed by atoms with Crippen LogP contribution in [0.25, 0.3) is 5.65 Å². The maximum Gasteiger partial charge on any atom is 0.139 e. The summed E-state index contributed by atoms with van der Waals surface area (Å²) in [5.41, 5.74) is 3.54. The molecule has 1 fully saturated rings. The van der Waals surface area contributed by atoms with E-state index in [-0.39, 0.29) is 0 Å². The summed E-state index contributed by atoms with van der Waals surface area (Å²) in [5.74, 6) is 0. The quantitative estimate of drug-likeness (QED) is 0.789. The normalized spacial score (nSPS) is 17.7. The van der Waals surface area contributed by atoms with Crippen LogP contribution in [0, 0.1) is 6.92 Å². The van der Waals surface area contributed by atoms with Crippen LogP contribution in [-0.4, -0.2) is 27.4 Å². The predicted molar refractivity (Wildman–Crippen MR) is 69.1 cm³/mol. The number of aryl methyl sites for hydroxylation is 1. The molecule has 0 unspecified atom stereocenters. The summed E-state index contributed by atoms with van der Waals surface area (Å²) in [7, 11) is 0. The van der Waals surface area contributed by atoms with Gasteiger partial charge < -0.3 is 4.40 Å². The second-order valence-electron chi connectivity index (χ2n) is 4.99. The van der Waals surface area contributed by atoms with Gasteiger partial charge in [-0.25, -0.2) is 4.98 Å². The highest BCUT2D eigenvalue weighted by Crippen LogP contribution is 2.14. The van der Waals surface area contributed by atoms with Gasteiger partial charge in [0.05, 0.1) is 5.69 Å². The molecule has 0 atom stereocenters. The Bertz CT molecular complexity index is 509. The molecule has 1 aliphatic rings. The molecule has 3 nitrogen and oxygen atoms in total. The van der Waals surface area contributed by atoms with Crippen LogP contribution >= 0.6 is 0 Å². The van der Waals surface area contributed by atoms with Crippen LogP contribution in [0.3, 0.4) is 0 Å². The van der Waals surface area contributed by atoms with Crippen LogP contribution in [0.1, 0.15) is 30.5 Å². The molecule has 0 aliphatic carbocycles. The van der Waals surface area contributed by atoms with Crippen molar-refractivity contribution in [3.63, 3.8) is 0 Å². The van der Waals surface area contributed by atoms with E-state index in [2.05, 4.69) is 40.8 Å². The zero-order valence-electron chi connectivity index (χ0n) is 10.4. The Morgan fingerprint density at radius 2 is 2.06 bits per heavy atom. The number of pyridine rings is 1. The number of hydrogen-bond acceptors (Lipinski definition) is 2. The van der Waals surface area contributed by atoms with Gasteiger partial charge in [0.2, 0.25) is 0 Å². The largest absolute Gasteiger partial charge is 0.307 e. The molecule has 1 saturated heterocycles. The highest BCUT2D eigenvalue weighted by atomic mass is 15.1. The molecule has 0 bridgehead atoms. The lowest BCUT2D eigenvalue weighted by atomic mass is 10.1. The van der Waals surface area contributed by atoms with E-state index in [0.717, 1.165) is 12.2 Å². The van der Waals surface area contributed by atoms with E-state index >= 15 is 0 Å². The topological polar surface area (TPSA) is 20.5 Å². The minimum Gasteiger partial charge on any atom is -0.307 e. The second kappa shape index (κ2) is 4.49. The molecular formula is C14H19N3. The van der Waals surface area contributed by atoms with Gasteiger partial charge in [0.25, 0.3) is 0 Å². The van der Waals surface area contributed by atoms with Gasteiger partial charge in [0.1, 0.15) is 5.65 Å². The lowest BCUT2D eigenvalue weighted by Gasteiger charge is -2.25. The molecule has 0 radical (unpaired) electrons. The minimum absolute atomic E-state index is 1.00. The van der Waals surface area contributed by atoms with Gasteiger partial charge in [0, 0.05) is 18.9 Å². The number of piperidine rings is 1. The molecule has 2 aromatic rings. The maximum atomic E-state index is 4.73. The van der Waals surface area contributed by atoms with Crippen molar-refractivity contribution in [2.45, 2.75) is 32.7 Å². The fourth-order valence-corrected chi connectivity index (χ4v) is 2.63. The van der Waals surface area contributed by atoms with Crippen LogP contribution in [0.4, 0.5) is 0 Å². The molecule has 0 N–H and O–H groups in total. The van der Waals surface area contributed by atoms with Crippen molar-refractivity contribution in [1.82, 2.24) is 14.3 Å². The number of likely N-dealkylation sites (tertiary alicyclic amines) is 1. The van der Waals surface area contributed by atoms with Gasteiger partial charge in [-0.05, 0) is 44.5 Å². The van der Waals surface area contributed by atoms with E-state index in [0.29, 0.717) is 0 Å². The smallest absolute Gasteiger partial charge is 0.139 e. The van der Waals surface area contributed by atoms with Crippen LogP contribution < -0.4 is 0 Å². The summed E-state index contributed by atoms with van der Waals surface area (Å²) in [6.07, 6.45) is 8.31. The molecule has 3 heterocycles. The third-order valence-electron chi connectivity index (χ3n) is 3.56. The second-order valence-corrected chi connectivity index (χ2v) is 4.99. The Morgan fingerprint density at radius 1 is 1.24 bits per heavy atom. The lowest BCUT2D eigenvalue weighted by Crippen LogP contribution is -2.29. The highest BCUT2D eigenvalue weighted by molar-refractivity contribution is 5.47. The summed E-state index contributed by atoms with van der Waals surface area (Å²) in [6.45, 7) is 5.58. The molecule has 1 aliphatic heterocycles. The van der Waals surface area contributed by atoms with Crippen LogP contribution in [0.5, 0.6) is 0 Å². The first kappa shape index (κ1) is 10.8. The average molecular weight is 229 g/mol.